The minimum Gasteiger partial charge on any atom is -0.368 e. The fourth-order valence-corrected chi connectivity index (χ4v) is 3.30. The first-order valence-electron chi connectivity index (χ1n) is 8.30. The first-order valence-corrected chi connectivity index (χ1v) is 8.30. The molecule has 1 N–H and O–H groups in total. The molecule has 1 aliphatic heterocycles. The van der Waals surface area contributed by atoms with Crippen LogP contribution in [0, 0.1) is 0 Å². The van der Waals surface area contributed by atoms with Crippen molar-refractivity contribution in [1.29, 1.82) is 0 Å². The number of nitrogens with one attached hydrogen (secondary N) is 1. The van der Waals surface area contributed by atoms with Crippen molar-refractivity contribution >= 4 is 21.5 Å². The molecule has 0 aromatic heterocycles. The summed E-state index contributed by atoms with van der Waals surface area (Å²) in [6.45, 7) is 0. The normalized spacial score (nSPS) is 12.9. The van der Waals surface area contributed by atoms with Gasteiger partial charge >= 0.3 is 0 Å². The van der Waals surface area contributed by atoms with E-state index in [2.05, 4.69) is 5.32 Å². The predicted molar refractivity (Wildman–Crippen MR) is 107 cm³/mol. The molecule has 0 atom stereocenters. The van der Waals surface area contributed by atoms with Crippen molar-refractivity contribution in [3.05, 3.63) is 114 Å². The van der Waals surface area contributed by atoms with Crippen molar-refractivity contribution < 1.29 is 0 Å². The summed E-state index contributed by atoms with van der Waals surface area (Å²) < 4.78 is 0. The predicted octanol–water partition coefficient (Wildman–Crippen LogP) is 2.03. The van der Waals surface area contributed by atoms with Crippen LogP contribution in [-0.4, -0.2) is 0 Å². The lowest BCUT2D eigenvalue weighted by Gasteiger charge is -2.13. The van der Waals surface area contributed by atoms with Crippen LogP contribution in [0.25, 0.3) is 32.7 Å². The van der Waals surface area contributed by atoms with Gasteiger partial charge in [0.25, 0.3) is 0 Å². The maximum atomic E-state index is 12.1. The first kappa shape index (κ1) is 16.6. The van der Waals surface area contributed by atoms with Crippen LogP contribution < -0.4 is 27.0 Å². The van der Waals surface area contributed by atoms with E-state index in [0.717, 1.165) is 0 Å². The lowest BCUT2D eigenvalue weighted by Crippen LogP contribution is -2.31. The van der Waals surface area contributed by atoms with Crippen LogP contribution in [0.1, 0.15) is 0 Å². The van der Waals surface area contributed by atoms with E-state index >= 15 is 0 Å². The van der Waals surface area contributed by atoms with Gasteiger partial charge in [-0.05, 0) is 12.2 Å². The molecule has 3 aliphatic rings. The molecule has 1 heterocycles. The highest BCUT2D eigenvalue weighted by molar-refractivity contribution is 6.11. The van der Waals surface area contributed by atoms with Crippen LogP contribution >= 0.6 is 0 Å². The molecule has 0 saturated heterocycles. The van der Waals surface area contributed by atoms with Gasteiger partial charge in [0, 0.05) is 45.1 Å². The van der Waals surface area contributed by atoms with E-state index in [1.165, 1.54) is 36.4 Å². The molecule has 130 valence electrons. The summed E-state index contributed by atoms with van der Waals surface area (Å²) in [6, 6.07) is 9.10. The molecule has 0 unspecified atom stereocenters. The molecule has 2 aromatic carbocycles. The van der Waals surface area contributed by atoms with Gasteiger partial charge in [0.1, 0.15) is 0 Å². The Kier molecular flexibility index (Phi) is 3.97. The summed E-state index contributed by atoms with van der Waals surface area (Å²) in [5, 5.41) is 3.73. The summed E-state index contributed by atoms with van der Waals surface area (Å²) in [6.07, 6.45) is 11.6. The Morgan fingerprint density at radius 2 is 0.815 bits per heavy atom. The summed E-state index contributed by atoms with van der Waals surface area (Å²) in [4.78, 5) is 48.4. The van der Waals surface area contributed by atoms with Gasteiger partial charge in [-0.3, -0.25) is 19.2 Å². The third kappa shape index (κ3) is 2.57. The lowest BCUT2D eigenvalue weighted by atomic mass is 9.87. The maximum Gasteiger partial charge on any atom is 0.234 e. The molecule has 0 amide bonds. The summed E-state index contributed by atoms with van der Waals surface area (Å²) in [5.74, 6) is 0. The van der Waals surface area contributed by atoms with E-state index < -0.39 is 21.7 Å². The largest absolute Gasteiger partial charge is 0.368 e. The molecule has 5 heteroatoms. The van der Waals surface area contributed by atoms with Crippen molar-refractivity contribution in [2.75, 3.05) is 0 Å². The van der Waals surface area contributed by atoms with E-state index in [-0.39, 0.29) is 21.5 Å². The van der Waals surface area contributed by atoms with Crippen molar-refractivity contribution in [3.8, 4) is 11.1 Å². The minimum atomic E-state index is -0.631. The fourth-order valence-electron chi connectivity index (χ4n) is 3.30. The molecular formula is C22H13NO4. The molecule has 2 aliphatic carbocycles. The molecule has 0 fully saturated rings. The zero-order valence-corrected chi connectivity index (χ0v) is 14.1. The summed E-state index contributed by atoms with van der Waals surface area (Å²) in [5.41, 5.74) is -1.68. The van der Waals surface area contributed by atoms with Gasteiger partial charge in [0.05, 0.1) is 0 Å². The zero-order valence-electron chi connectivity index (χ0n) is 14.1. The van der Waals surface area contributed by atoms with E-state index in [4.69, 9.17) is 0 Å². The van der Waals surface area contributed by atoms with Crippen LogP contribution in [0.4, 0.5) is 0 Å². The van der Waals surface area contributed by atoms with Gasteiger partial charge in [0.2, 0.25) is 21.7 Å². The SMILES string of the molecule is C1=CC=CNC=C1.O=c1c(=O)c2cccc3c2-c2c1cccc2c(=O)c3=O. The van der Waals surface area contributed by atoms with Crippen LogP contribution in [-0.2, 0) is 0 Å². The maximum absolute atomic E-state index is 12.1. The number of hydrogen-bond donors (Lipinski definition) is 1. The molecule has 0 spiro atoms. The molecular weight excluding hydrogens is 342 g/mol. The molecule has 5 rings (SSSR count). The standard InChI is InChI=1S/C16H6O4.C6H7N/c17-13-7-3-1-4-8-11(7)12-9(15(13)19)5-2-6-10(12)16(20)14(8)18;1-2-4-6-7-5-3-1/h1-6H;1-7H. The van der Waals surface area contributed by atoms with Gasteiger partial charge in [-0.15, -0.1) is 0 Å². The van der Waals surface area contributed by atoms with Gasteiger partial charge in [-0.25, -0.2) is 0 Å². The molecule has 0 bridgehead atoms. The molecule has 5 nitrogen and oxygen atoms in total. The molecule has 2 aromatic rings. The molecule has 27 heavy (non-hydrogen) atoms. The summed E-state index contributed by atoms with van der Waals surface area (Å²) >= 11 is 0. The highest BCUT2D eigenvalue weighted by Gasteiger charge is 2.23. The highest BCUT2D eigenvalue weighted by Crippen LogP contribution is 2.33. The van der Waals surface area contributed by atoms with Gasteiger partial charge in [0.15, 0.2) is 0 Å². The smallest absolute Gasteiger partial charge is 0.234 e. The highest BCUT2D eigenvalue weighted by atomic mass is 16.2. The topological polar surface area (TPSA) is 80.3 Å². The van der Waals surface area contributed by atoms with Gasteiger partial charge < -0.3 is 5.32 Å². The van der Waals surface area contributed by atoms with Crippen LogP contribution in [0.2, 0.25) is 0 Å². The van der Waals surface area contributed by atoms with Crippen LogP contribution in [0.3, 0.4) is 0 Å². The Morgan fingerprint density at radius 1 is 0.481 bits per heavy atom. The average Bonchev–Trinajstić information content (AvgIpc) is 3.02. The number of allylic oxidation sites excluding steroid dienone is 4. The minimum absolute atomic E-state index is 0.202. The molecule has 0 radical (unpaired) electrons. The van der Waals surface area contributed by atoms with Crippen LogP contribution in [0.15, 0.2) is 92.3 Å². The second-order valence-corrected chi connectivity index (χ2v) is 6.04. The number of hydrogen-bond acceptors (Lipinski definition) is 5. The van der Waals surface area contributed by atoms with E-state index in [0.29, 0.717) is 11.1 Å². The lowest BCUT2D eigenvalue weighted by molar-refractivity contribution is 1.20. The third-order valence-electron chi connectivity index (χ3n) is 4.49. The van der Waals surface area contributed by atoms with Crippen molar-refractivity contribution in [1.82, 2.24) is 5.32 Å². The zero-order chi connectivity index (χ0) is 19.0. The second-order valence-electron chi connectivity index (χ2n) is 6.04. The van der Waals surface area contributed by atoms with Gasteiger partial charge in [-0.2, -0.15) is 0 Å². The van der Waals surface area contributed by atoms with E-state index in [9.17, 15) is 19.2 Å². The van der Waals surface area contributed by atoms with Crippen molar-refractivity contribution in [2.24, 2.45) is 0 Å². The van der Waals surface area contributed by atoms with Crippen LogP contribution in [0.5, 0.6) is 0 Å². The van der Waals surface area contributed by atoms with Gasteiger partial charge in [-0.1, -0.05) is 48.6 Å². The Balaban J connectivity index is 0.000000218. The number of rotatable bonds is 0. The van der Waals surface area contributed by atoms with Crippen molar-refractivity contribution in [2.45, 2.75) is 0 Å². The van der Waals surface area contributed by atoms with E-state index in [1.807, 2.05) is 36.7 Å². The Morgan fingerprint density at radius 3 is 1.15 bits per heavy atom. The van der Waals surface area contributed by atoms with Crippen molar-refractivity contribution in [3.63, 3.8) is 0 Å². The first-order chi connectivity index (χ1) is 13.1. The summed E-state index contributed by atoms with van der Waals surface area (Å²) in [7, 11) is 0. The quantitative estimate of drug-likeness (QED) is 0.386. The molecule has 0 saturated carbocycles. The Bertz CT molecular complexity index is 1230. The third-order valence-corrected chi connectivity index (χ3v) is 4.49. The Labute approximate surface area is 152 Å². The monoisotopic (exact) mass is 355 g/mol. The van der Waals surface area contributed by atoms with E-state index in [1.54, 1.807) is 0 Å². The number of benzene rings is 4. The Hall–Kier alpha value is -3.86. The fraction of sp³-hybridized carbons (Fsp3) is 0. The average molecular weight is 355 g/mol. The second kappa shape index (κ2) is 6.46.